The van der Waals surface area contributed by atoms with Crippen LogP contribution in [-0.4, -0.2) is 38.3 Å². The lowest BCUT2D eigenvalue weighted by atomic mass is 10.1. The van der Waals surface area contributed by atoms with Crippen LogP contribution < -0.4 is 0 Å². The number of aromatic nitrogens is 2. The maximum Gasteiger partial charge on any atom is 0.317 e. The van der Waals surface area contributed by atoms with Gasteiger partial charge in [-0.2, -0.15) is 5.10 Å². The molecular formula is C16H21N3O2. The molecule has 0 spiro atoms. The van der Waals surface area contributed by atoms with Crippen molar-refractivity contribution < 1.29 is 9.90 Å². The number of rotatable bonds is 5. The molecule has 0 aliphatic heterocycles. The lowest BCUT2D eigenvalue weighted by Crippen LogP contribution is -2.37. The first kappa shape index (κ1) is 14.1. The lowest BCUT2D eigenvalue weighted by Gasteiger charge is -2.26. The van der Waals surface area contributed by atoms with Gasteiger partial charge in [0.2, 0.25) is 0 Å². The highest BCUT2D eigenvalue weighted by Crippen LogP contribution is 2.26. The maximum absolute atomic E-state index is 11.2. The highest BCUT2D eigenvalue weighted by molar-refractivity contribution is 5.81. The Labute approximate surface area is 124 Å². The van der Waals surface area contributed by atoms with Crippen LogP contribution in [0.25, 0.3) is 10.9 Å². The van der Waals surface area contributed by atoms with E-state index in [9.17, 15) is 9.90 Å². The van der Waals surface area contributed by atoms with Gasteiger partial charge < -0.3 is 5.11 Å². The first-order valence-electron chi connectivity index (χ1n) is 7.51. The van der Waals surface area contributed by atoms with Crippen molar-refractivity contribution in [3.63, 3.8) is 0 Å². The zero-order valence-corrected chi connectivity index (χ0v) is 12.3. The summed E-state index contributed by atoms with van der Waals surface area (Å²) in [5.74, 6) is -0.762. The number of carboxylic acid groups (broad SMARTS) is 1. The highest BCUT2D eigenvalue weighted by Gasteiger charge is 2.25. The van der Waals surface area contributed by atoms with Crippen LogP contribution in [0.15, 0.2) is 24.3 Å². The summed E-state index contributed by atoms with van der Waals surface area (Å²) < 4.78 is 1.87. The summed E-state index contributed by atoms with van der Waals surface area (Å²) in [6.45, 7) is 0.702. The van der Waals surface area contributed by atoms with E-state index in [1.54, 1.807) is 0 Å². The average molecular weight is 287 g/mol. The largest absolute Gasteiger partial charge is 0.480 e. The number of aliphatic carboxylic acids is 1. The van der Waals surface area contributed by atoms with Gasteiger partial charge in [0.05, 0.1) is 17.8 Å². The molecule has 21 heavy (non-hydrogen) atoms. The van der Waals surface area contributed by atoms with Crippen LogP contribution in [0.3, 0.4) is 0 Å². The molecule has 1 aliphatic rings. The first-order valence-corrected chi connectivity index (χ1v) is 7.51. The van der Waals surface area contributed by atoms with Crippen LogP contribution in [0.1, 0.15) is 31.4 Å². The second-order valence-corrected chi connectivity index (χ2v) is 5.82. The minimum absolute atomic E-state index is 0.0928. The number of carboxylic acids is 1. The van der Waals surface area contributed by atoms with Gasteiger partial charge in [0.15, 0.2) is 0 Å². The third-order valence-electron chi connectivity index (χ3n) is 4.37. The Bertz CT molecular complexity index is 644. The molecule has 5 heteroatoms. The van der Waals surface area contributed by atoms with E-state index in [1.807, 2.05) is 29.9 Å². The fourth-order valence-electron chi connectivity index (χ4n) is 3.36. The zero-order valence-electron chi connectivity index (χ0n) is 12.3. The van der Waals surface area contributed by atoms with Crippen molar-refractivity contribution in [1.82, 2.24) is 14.7 Å². The van der Waals surface area contributed by atoms with Gasteiger partial charge in [-0.15, -0.1) is 0 Å². The summed E-state index contributed by atoms with van der Waals surface area (Å²) in [6.07, 6.45) is 4.59. The molecular weight excluding hydrogens is 266 g/mol. The second kappa shape index (κ2) is 5.85. The third kappa shape index (κ3) is 2.93. The SMILES string of the molecule is Cn1nc(CN(CC(=O)O)C2CCCC2)c2ccccc21. The topological polar surface area (TPSA) is 58.4 Å². The van der Waals surface area contributed by atoms with Crippen molar-refractivity contribution in [2.75, 3.05) is 6.54 Å². The molecule has 112 valence electrons. The third-order valence-corrected chi connectivity index (χ3v) is 4.37. The van der Waals surface area contributed by atoms with Gasteiger partial charge in [0.1, 0.15) is 0 Å². The fourth-order valence-corrected chi connectivity index (χ4v) is 3.36. The van der Waals surface area contributed by atoms with Crippen LogP contribution in [0.4, 0.5) is 0 Å². The molecule has 0 radical (unpaired) electrons. The summed E-state index contributed by atoms with van der Waals surface area (Å²) in [4.78, 5) is 13.2. The first-order chi connectivity index (χ1) is 10.1. The molecule has 5 nitrogen and oxygen atoms in total. The average Bonchev–Trinajstić information content (AvgIpc) is 3.08. The molecule has 0 bridgehead atoms. The summed E-state index contributed by atoms with van der Waals surface area (Å²) in [5, 5.41) is 14.9. The van der Waals surface area contributed by atoms with Gasteiger partial charge in [0, 0.05) is 25.0 Å². The van der Waals surface area contributed by atoms with Crippen molar-refractivity contribution in [1.29, 1.82) is 0 Å². The van der Waals surface area contributed by atoms with E-state index in [0.29, 0.717) is 12.6 Å². The molecule has 1 aromatic heterocycles. The van der Waals surface area contributed by atoms with E-state index in [4.69, 9.17) is 0 Å². The van der Waals surface area contributed by atoms with Crippen molar-refractivity contribution in [2.24, 2.45) is 7.05 Å². The molecule has 1 aromatic carbocycles. The Kier molecular flexibility index (Phi) is 3.92. The number of nitrogens with zero attached hydrogens (tertiary/aromatic N) is 3. The van der Waals surface area contributed by atoms with Crippen LogP contribution in [-0.2, 0) is 18.4 Å². The van der Waals surface area contributed by atoms with Gasteiger partial charge in [0.25, 0.3) is 0 Å². The number of benzene rings is 1. The quantitative estimate of drug-likeness (QED) is 0.917. The monoisotopic (exact) mass is 287 g/mol. The van der Waals surface area contributed by atoms with Gasteiger partial charge >= 0.3 is 5.97 Å². The number of para-hydroxylation sites is 1. The van der Waals surface area contributed by atoms with E-state index in [2.05, 4.69) is 16.1 Å². The van der Waals surface area contributed by atoms with E-state index < -0.39 is 5.97 Å². The smallest absolute Gasteiger partial charge is 0.317 e. The molecule has 1 aliphatic carbocycles. The zero-order chi connectivity index (χ0) is 14.8. The number of carbonyl (C=O) groups is 1. The molecule has 1 heterocycles. The molecule has 1 saturated carbocycles. The predicted molar refractivity (Wildman–Crippen MR) is 81.0 cm³/mol. The van der Waals surface area contributed by atoms with Gasteiger partial charge in [-0.3, -0.25) is 14.4 Å². The Hall–Kier alpha value is -1.88. The number of hydrogen-bond donors (Lipinski definition) is 1. The Morgan fingerprint density at radius 3 is 2.81 bits per heavy atom. The number of fused-ring (bicyclic) bond motifs is 1. The van der Waals surface area contributed by atoms with Crippen molar-refractivity contribution in [3.05, 3.63) is 30.0 Å². The standard InChI is InChI=1S/C16H21N3O2/c1-18-15-9-5-4-8-13(15)14(17-18)10-19(11-16(20)21)12-6-2-3-7-12/h4-5,8-9,12H,2-3,6-7,10-11H2,1H3,(H,20,21). The van der Waals surface area contributed by atoms with Crippen LogP contribution in [0.5, 0.6) is 0 Å². The van der Waals surface area contributed by atoms with Crippen molar-refractivity contribution >= 4 is 16.9 Å². The summed E-state index contributed by atoms with van der Waals surface area (Å²) in [7, 11) is 1.93. The molecule has 1 fully saturated rings. The van der Waals surface area contributed by atoms with Crippen LogP contribution >= 0.6 is 0 Å². The van der Waals surface area contributed by atoms with E-state index >= 15 is 0 Å². The van der Waals surface area contributed by atoms with Crippen molar-refractivity contribution in [2.45, 2.75) is 38.3 Å². The van der Waals surface area contributed by atoms with Crippen LogP contribution in [0.2, 0.25) is 0 Å². The Morgan fingerprint density at radius 1 is 1.38 bits per heavy atom. The lowest BCUT2D eigenvalue weighted by molar-refractivity contribution is -0.139. The Balaban J connectivity index is 1.88. The highest BCUT2D eigenvalue weighted by atomic mass is 16.4. The summed E-state index contributed by atoms with van der Waals surface area (Å²) in [5.41, 5.74) is 2.07. The molecule has 0 saturated heterocycles. The van der Waals surface area contributed by atoms with E-state index in [-0.39, 0.29) is 6.54 Å². The van der Waals surface area contributed by atoms with Crippen LogP contribution in [0, 0.1) is 0 Å². The second-order valence-electron chi connectivity index (χ2n) is 5.82. The molecule has 0 atom stereocenters. The minimum atomic E-state index is -0.762. The molecule has 0 amide bonds. The van der Waals surface area contributed by atoms with E-state index in [1.165, 1.54) is 12.8 Å². The number of aryl methyl sites for hydroxylation is 1. The molecule has 3 rings (SSSR count). The van der Waals surface area contributed by atoms with Crippen molar-refractivity contribution in [3.8, 4) is 0 Å². The summed E-state index contributed by atoms with van der Waals surface area (Å²) >= 11 is 0. The Morgan fingerprint density at radius 2 is 2.10 bits per heavy atom. The van der Waals surface area contributed by atoms with Gasteiger partial charge in [-0.1, -0.05) is 31.0 Å². The summed E-state index contributed by atoms with van der Waals surface area (Å²) in [6, 6.07) is 8.49. The van der Waals surface area contributed by atoms with E-state index in [0.717, 1.165) is 29.4 Å². The number of hydrogen-bond acceptors (Lipinski definition) is 3. The normalized spacial score (nSPS) is 16.1. The molecule has 2 aromatic rings. The fraction of sp³-hybridized carbons (Fsp3) is 0.500. The minimum Gasteiger partial charge on any atom is -0.480 e. The molecule has 0 unspecified atom stereocenters. The predicted octanol–water partition coefficient (Wildman–Crippen LogP) is 2.40. The molecule has 1 N–H and O–H groups in total. The maximum atomic E-state index is 11.2. The van der Waals surface area contributed by atoms with Gasteiger partial charge in [-0.25, -0.2) is 0 Å². The van der Waals surface area contributed by atoms with Gasteiger partial charge in [-0.05, 0) is 18.9 Å².